The van der Waals surface area contributed by atoms with E-state index in [0.717, 1.165) is 60.3 Å². The lowest BCUT2D eigenvalue weighted by atomic mass is 9.92. The summed E-state index contributed by atoms with van der Waals surface area (Å²) >= 11 is 0. The molecule has 0 bridgehead atoms. The minimum Gasteiger partial charge on any atom is -0.454 e. The van der Waals surface area contributed by atoms with Gasteiger partial charge in [-0.15, -0.1) is 0 Å². The molecule has 2 heterocycles. The fourth-order valence-electron chi connectivity index (χ4n) is 5.73. The van der Waals surface area contributed by atoms with Gasteiger partial charge >= 0.3 is 0 Å². The second-order valence-corrected chi connectivity index (χ2v) is 9.93. The van der Waals surface area contributed by atoms with Crippen molar-refractivity contribution in [1.29, 1.82) is 0 Å². The SMILES string of the molecule is Cc1cc[n+](C)c(-c2c(C)ccc3c2oc2c(-c4cc5ccccc5c5ccccc45)c(F)ccc23)c1. The van der Waals surface area contributed by atoms with Crippen molar-refractivity contribution in [2.75, 3.05) is 0 Å². The summed E-state index contributed by atoms with van der Waals surface area (Å²) in [5.41, 5.74) is 7.12. The van der Waals surface area contributed by atoms with E-state index in [-0.39, 0.29) is 5.82 Å². The molecule has 0 aliphatic heterocycles. The number of aryl methyl sites for hydroxylation is 3. The molecule has 0 fully saturated rings. The standard InChI is InChI=1S/C34H25FNO/c1-20-16-17-36(3)30(18-20)31-21(2)12-13-26-27-14-15-29(35)32(34(27)37-33(26)31)28-19-22-8-4-5-9-23(22)24-10-6-7-11-25(24)28/h4-19H,1-3H3/q+1. The topological polar surface area (TPSA) is 17.0 Å². The average Bonchev–Trinajstić information content (AvgIpc) is 3.28. The molecule has 0 atom stereocenters. The summed E-state index contributed by atoms with van der Waals surface area (Å²) in [4.78, 5) is 0. The zero-order chi connectivity index (χ0) is 25.3. The van der Waals surface area contributed by atoms with Gasteiger partial charge in [0.25, 0.3) is 0 Å². The minimum absolute atomic E-state index is 0.286. The number of nitrogens with zero attached hydrogens (tertiary/aromatic N) is 1. The van der Waals surface area contributed by atoms with Crippen LogP contribution in [0.3, 0.4) is 0 Å². The molecule has 0 aliphatic rings. The Hall–Kier alpha value is -4.50. The summed E-state index contributed by atoms with van der Waals surface area (Å²) in [6.45, 7) is 4.19. The zero-order valence-corrected chi connectivity index (χ0v) is 21.0. The van der Waals surface area contributed by atoms with E-state index < -0.39 is 0 Å². The van der Waals surface area contributed by atoms with Gasteiger partial charge in [0.1, 0.15) is 24.0 Å². The maximum atomic E-state index is 15.8. The molecule has 178 valence electrons. The highest BCUT2D eigenvalue weighted by molar-refractivity contribution is 6.18. The lowest BCUT2D eigenvalue weighted by Crippen LogP contribution is -2.30. The Balaban J connectivity index is 1.63. The van der Waals surface area contributed by atoms with Crippen LogP contribution in [0.15, 0.2) is 102 Å². The van der Waals surface area contributed by atoms with Crippen molar-refractivity contribution >= 4 is 43.5 Å². The third kappa shape index (κ3) is 3.20. The molecule has 0 spiro atoms. The fraction of sp³-hybridized carbons (Fsp3) is 0.0882. The number of halogens is 1. The van der Waals surface area contributed by atoms with Crippen LogP contribution in [0.2, 0.25) is 0 Å². The molecule has 0 saturated carbocycles. The van der Waals surface area contributed by atoms with Crippen molar-refractivity contribution < 1.29 is 13.4 Å². The van der Waals surface area contributed by atoms with Gasteiger partial charge in [0, 0.05) is 22.9 Å². The average molecular weight is 483 g/mol. The van der Waals surface area contributed by atoms with Gasteiger partial charge in [0.05, 0.1) is 11.1 Å². The van der Waals surface area contributed by atoms with Gasteiger partial charge in [-0.25, -0.2) is 8.96 Å². The van der Waals surface area contributed by atoms with E-state index in [4.69, 9.17) is 4.42 Å². The molecule has 7 aromatic rings. The molecule has 0 amide bonds. The van der Waals surface area contributed by atoms with Crippen LogP contribution in [-0.2, 0) is 7.05 Å². The van der Waals surface area contributed by atoms with E-state index in [9.17, 15) is 0 Å². The molecular formula is C34H25FNO+. The lowest BCUT2D eigenvalue weighted by molar-refractivity contribution is -0.660. The van der Waals surface area contributed by atoms with Gasteiger partial charge < -0.3 is 4.42 Å². The lowest BCUT2D eigenvalue weighted by Gasteiger charge is -2.12. The van der Waals surface area contributed by atoms with Crippen molar-refractivity contribution in [3.63, 3.8) is 0 Å². The molecule has 0 aliphatic carbocycles. The second kappa shape index (κ2) is 8.01. The predicted octanol–water partition coefficient (Wildman–Crippen LogP) is 8.81. The van der Waals surface area contributed by atoms with Crippen LogP contribution in [0.25, 0.3) is 65.9 Å². The van der Waals surface area contributed by atoms with Crippen molar-refractivity contribution in [1.82, 2.24) is 0 Å². The van der Waals surface area contributed by atoms with Gasteiger partial charge in [-0.3, -0.25) is 0 Å². The number of rotatable bonds is 2. The molecular weight excluding hydrogens is 457 g/mol. The van der Waals surface area contributed by atoms with E-state index in [1.54, 1.807) is 6.07 Å². The van der Waals surface area contributed by atoms with E-state index >= 15 is 4.39 Å². The van der Waals surface area contributed by atoms with Crippen LogP contribution in [0.1, 0.15) is 11.1 Å². The number of fused-ring (bicyclic) bond motifs is 6. The Labute approximate surface area is 214 Å². The van der Waals surface area contributed by atoms with Crippen LogP contribution in [0.5, 0.6) is 0 Å². The maximum Gasteiger partial charge on any atom is 0.216 e. The minimum atomic E-state index is -0.286. The highest BCUT2D eigenvalue weighted by atomic mass is 19.1. The molecule has 37 heavy (non-hydrogen) atoms. The van der Waals surface area contributed by atoms with Crippen LogP contribution >= 0.6 is 0 Å². The largest absolute Gasteiger partial charge is 0.454 e. The summed E-state index contributed by atoms with van der Waals surface area (Å²) < 4.78 is 24.6. The first kappa shape index (κ1) is 21.8. The first-order valence-corrected chi connectivity index (χ1v) is 12.5. The summed E-state index contributed by atoms with van der Waals surface area (Å²) in [6.07, 6.45) is 2.07. The molecule has 0 unspecified atom stereocenters. The third-order valence-electron chi connectivity index (χ3n) is 7.57. The van der Waals surface area contributed by atoms with Crippen molar-refractivity contribution in [3.05, 3.63) is 114 Å². The van der Waals surface area contributed by atoms with Crippen LogP contribution < -0.4 is 4.57 Å². The zero-order valence-electron chi connectivity index (χ0n) is 21.0. The number of hydrogen-bond acceptors (Lipinski definition) is 1. The monoisotopic (exact) mass is 482 g/mol. The first-order chi connectivity index (χ1) is 18.0. The molecule has 5 aromatic carbocycles. The Morgan fingerprint density at radius 2 is 1.32 bits per heavy atom. The molecule has 0 saturated heterocycles. The Bertz CT molecular complexity index is 2030. The van der Waals surface area contributed by atoms with Gasteiger partial charge in [-0.1, -0.05) is 60.7 Å². The Morgan fingerprint density at radius 3 is 2.14 bits per heavy atom. The van der Waals surface area contributed by atoms with E-state index in [2.05, 4.69) is 79.2 Å². The van der Waals surface area contributed by atoms with Crippen molar-refractivity contribution in [2.24, 2.45) is 7.05 Å². The van der Waals surface area contributed by atoms with Gasteiger partial charge in [-0.2, -0.15) is 0 Å². The molecule has 0 N–H and O–H groups in total. The second-order valence-electron chi connectivity index (χ2n) is 9.93. The van der Waals surface area contributed by atoms with Gasteiger partial charge in [-0.05, 0) is 70.3 Å². The van der Waals surface area contributed by atoms with Crippen LogP contribution in [0.4, 0.5) is 4.39 Å². The summed E-state index contributed by atoms with van der Waals surface area (Å²) in [6, 6.07) is 30.5. The maximum absolute atomic E-state index is 15.8. The van der Waals surface area contributed by atoms with E-state index in [1.807, 2.05) is 37.4 Å². The van der Waals surface area contributed by atoms with Crippen molar-refractivity contribution in [3.8, 4) is 22.4 Å². The number of pyridine rings is 1. The Morgan fingerprint density at radius 1 is 0.649 bits per heavy atom. The number of hydrogen-bond donors (Lipinski definition) is 0. The highest BCUT2D eigenvalue weighted by Gasteiger charge is 2.24. The van der Waals surface area contributed by atoms with Crippen LogP contribution in [-0.4, -0.2) is 0 Å². The van der Waals surface area contributed by atoms with E-state index in [1.165, 1.54) is 5.56 Å². The van der Waals surface area contributed by atoms with Crippen LogP contribution in [0, 0.1) is 19.7 Å². The molecule has 3 heteroatoms. The fourth-order valence-corrected chi connectivity index (χ4v) is 5.73. The molecule has 2 aromatic heterocycles. The smallest absolute Gasteiger partial charge is 0.216 e. The predicted molar refractivity (Wildman–Crippen MR) is 150 cm³/mol. The number of aromatic nitrogens is 1. The van der Waals surface area contributed by atoms with Gasteiger partial charge in [0.15, 0.2) is 6.20 Å². The quantitative estimate of drug-likeness (QED) is 0.178. The molecule has 0 radical (unpaired) electrons. The summed E-state index contributed by atoms with van der Waals surface area (Å²) in [5.74, 6) is -0.286. The highest BCUT2D eigenvalue weighted by Crippen LogP contribution is 2.44. The van der Waals surface area contributed by atoms with E-state index in [0.29, 0.717) is 11.1 Å². The third-order valence-corrected chi connectivity index (χ3v) is 7.57. The Kier molecular flexibility index (Phi) is 4.71. The first-order valence-electron chi connectivity index (χ1n) is 12.5. The number of benzene rings is 5. The van der Waals surface area contributed by atoms with Gasteiger partial charge in [0.2, 0.25) is 5.69 Å². The van der Waals surface area contributed by atoms with Crippen molar-refractivity contribution in [2.45, 2.75) is 13.8 Å². The summed E-state index contributed by atoms with van der Waals surface area (Å²) in [7, 11) is 2.04. The molecule has 7 rings (SSSR count). The number of furan rings is 1. The summed E-state index contributed by atoms with van der Waals surface area (Å²) in [5, 5.41) is 6.25. The normalized spacial score (nSPS) is 11.8. The molecule has 2 nitrogen and oxygen atoms in total.